The van der Waals surface area contributed by atoms with Crippen molar-refractivity contribution >= 4 is 5.91 Å². The van der Waals surface area contributed by atoms with Gasteiger partial charge in [0, 0.05) is 31.6 Å². The van der Waals surface area contributed by atoms with Gasteiger partial charge in [-0.3, -0.25) is 9.36 Å². The quantitative estimate of drug-likeness (QED) is 0.661. The Morgan fingerprint density at radius 2 is 1.79 bits per heavy atom. The second-order valence-corrected chi connectivity index (χ2v) is 7.49. The summed E-state index contributed by atoms with van der Waals surface area (Å²) in [4.78, 5) is 14.7. The van der Waals surface area contributed by atoms with Crippen molar-refractivity contribution in [2.75, 3.05) is 13.1 Å². The standard InChI is InChI=1S/C23H26N4O/c28-23(14-13-19-8-3-1-4-9-19)26-15-7-10-20(17-26)16-22-25-24-18-27(22)21-11-5-2-6-12-21/h1-6,8-9,11-12,18,20H,7,10,13-17H2. The normalized spacial score (nSPS) is 16.9. The molecule has 1 amide bonds. The number of carbonyl (C=O) groups is 1. The molecule has 1 atom stereocenters. The maximum atomic E-state index is 12.7. The Morgan fingerprint density at radius 3 is 2.57 bits per heavy atom. The molecule has 1 saturated heterocycles. The summed E-state index contributed by atoms with van der Waals surface area (Å²) < 4.78 is 2.05. The molecular formula is C23H26N4O. The topological polar surface area (TPSA) is 51.0 Å². The summed E-state index contributed by atoms with van der Waals surface area (Å²) in [6.45, 7) is 1.69. The van der Waals surface area contributed by atoms with Gasteiger partial charge in [-0.1, -0.05) is 48.5 Å². The van der Waals surface area contributed by atoms with Crippen molar-refractivity contribution in [3.05, 3.63) is 78.4 Å². The van der Waals surface area contributed by atoms with Crippen LogP contribution in [-0.2, 0) is 17.6 Å². The highest BCUT2D eigenvalue weighted by Gasteiger charge is 2.25. The van der Waals surface area contributed by atoms with Crippen LogP contribution in [0.4, 0.5) is 0 Å². The van der Waals surface area contributed by atoms with E-state index in [1.54, 1.807) is 6.33 Å². The zero-order valence-corrected chi connectivity index (χ0v) is 16.1. The number of hydrogen-bond donors (Lipinski definition) is 0. The first-order chi connectivity index (χ1) is 13.8. The van der Waals surface area contributed by atoms with Gasteiger partial charge in [-0.05, 0) is 42.9 Å². The minimum Gasteiger partial charge on any atom is -0.342 e. The van der Waals surface area contributed by atoms with E-state index in [9.17, 15) is 4.79 Å². The van der Waals surface area contributed by atoms with Crippen LogP contribution >= 0.6 is 0 Å². The third-order valence-electron chi connectivity index (χ3n) is 5.47. The van der Waals surface area contributed by atoms with Crippen molar-refractivity contribution in [3.8, 4) is 5.69 Å². The summed E-state index contributed by atoms with van der Waals surface area (Å²) >= 11 is 0. The fourth-order valence-corrected chi connectivity index (χ4v) is 3.97. The van der Waals surface area contributed by atoms with Gasteiger partial charge < -0.3 is 4.90 Å². The van der Waals surface area contributed by atoms with Crippen LogP contribution in [0.2, 0.25) is 0 Å². The number of amides is 1. The summed E-state index contributed by atoms with van der Waals surface area (Å²) in [5, 5.41) is 8.46. The first kappa shape index (κ1) is 18.4. The van der Waals surface area contributed by atoms with Crippen molar-refractivity contribution < 1.29 is 4.79 Å². The molecule has 3 aromatic rings. The van der Waals surface area contributed by atoms with E-state index < -0.39 is 0 Å². The van der Waals surface area contributed by atoms with Crippen LogP contribution in [0, 0.1) is 5.92 Å². The molecule has 1 aliphatic rings. The predicted molar refractivity (Wildman–Crippen MR) is 109 cm³/mol. The molecule has 5 nitrogen and oxygen atoms in total. The Morgan fingerprint density at radius 1 is 1.04 bits per heavy atom. The zero-order valence-electron chi connectivity index (χ0n) is 16.1. The van der Waals surface area contributed by atoms with Crippen LogP contribution in [-0.4, -0.2) is 38.7 Å². The molecule has 0 bridgehead atoms. The molecule has 0 N–H and O–H groups in total. The first-order valence-corrected chi connectivity index (χ1v) is 10.1. The van der Waals surface area contributed by atoms with E-state index in [4.69, 9.17) is 0 Å². The number of para-hydroxylation sites is 1. The summed E-state index contributed by atoms with van der Waals surface area (Å²) in [5.41, 5.74) is 2.30. The van der Waals surface area contributed by atoms with Crippen LogP contribution in [0.3, 0.4) is 0 Å². The molecule has 0 spiro atoms. The lowest BCUT2D eigenvalue weighted by molar-refractivity contribution is -0.133. The average Bonchev–Trinajstić information content (AvgIpc) is 3.21. The van der Waals surface area contributed by atoms with Crippen LogP contribution < -0.4 is 0 Å². The van der Waals surface area contributed by atoms with Gasteiger partial charge in [0.2, 0.25) is 5.91 Å². The number of nitrogens with zero attached hydrogens (tertiary/aromatic N) is 4. The molecule has 0 saturated carbocycles. The van der Waals surface area contributed by atoms with Crippen LogP contribution in [0.5, 0.6) is 0 Å². The smallest absolute Gasteiger partial charge is 0.222 e. The average molecular weight is 374 g/mol. The van der Waals surface area contributed by atoms with Gasteiger partial charge in [-0.25, -0.2) is 0 Å². The molecule has 1 aromatic heterocycles. The van der Waals surface area contributed by atoms with Crippen molar-refractivity contribution in [1.29, 1.82) is 0 Å². The van der Waals surface area contributed by atoms with Crippen molar-refractivity contribution in [2.24, 2.45) is 5.92 Å². The number of rotatable bonds is 6. The maximum absolute atomic E-state index is 12.7. The third kappa shape index (κ3) is 4.47. The molecule has 144 valence electrons. The second-order valence-electron chi connectivity index (χ2n) is 7.49. The lowest BCUT2D eigenvalue weighted by Crippen LogP contribution is -2.40. The molecule has 5 heteroatoms. The molecule has 1 fully saturated rings. The summed E-state index contributed by atoms with van der Waals surface area (Å²) in [6, 6.07) is 20.4. The summed E-state index contributed by atoms with van der Waals surface area (Å²) in [7, 11) is 0. The number of hydrogen-bond acceptors (Lipinski definition) is 3. The van der Waals surface area contributed by atoms with E-state index in [0.717, 1.165) is 50.3 Å². The van der Waals surface area contributed by atoms with Gasteiger partial charge in [0.25, 0.3) is 0 Å². The maximum Gasteiger partial charge on any atom is 0.222 e. The van der Waals surface area contributed by atoms with E-state index in [0.29, 0.717) is 12.3 Å². The largest absolute Gasteiger partial charge is 0.342 e. The monoisotopic (exact) mass is 374 g/mol. The highest BCUT2D eigenvalue weighted by Crippen LogP contribution is 2.22. The number of aryl methyl sites for hydroxylation is 1. The Hall–Kier alpha value is -2.95. The first-order valence-electron chi connectivity index (χ1n) is 10.1. The second kappa shape index (κ2) is 8.83. The number of benzene rings is 2. The molecule has 1 unspecified atom stereocenters. The van der Waals surface area contributed by atoms with Gasteiger partial charge in [-0.15, -0.1) is 10.2 Å². The highest BCUT2D eigenvalue weighted by molar-refractivity contribution is 5.76. The number of carbonyl (C=O) groups excluding carboxylic acids is 1. The fourth-order valence-electron chi connectivity index (χ4n) is 3.97. The van der Waals surface area contributed by atoms with E-state index in [2.05, 4.69) is 39.0 Å². The van der Waals surface area contributed by atoms with Crippen LogP contribution in [0.15, 0.2) is 67.0 Å². The van der Waals surface area contributed by atoms with E-state index in [1.165, 1.54) is 5.56 Å². The molecule has 0 aliphatic carbocycles. The Labute approximate surface area is 166 Å². The molecule has 1 aliphatic heterocycles. The van der Waals surface area contributed by atoms with Gasteiger partial charge in [0.1, 0.15) is 12.2 Å². The number of aromatic nitrogens is 3. The Balaban J connectivity index is 1.36. The van der Waals surface area contributed by atoms with Crippen molar-refractivity contribution in [1.82, 2.24) is 19.7 Å². The highest BCUT2D eigenvalue weighted by atomic mass is 16.2. The van der Waals surface area contributed by atoms with Gasteiger partial charge in [-0.2, -0.15) is 0 Å². The Bertz CT molecular complexity index is 891. The van der Waals surface area contributed by atoms with Gasteiger partial charge in [0.05, 0.1) is 0 Å². The fraction of sp³-hybridized carbons (Fsp3) is 0.348. The Kier molecular flexibility index (Phi) is 5.80. The SMILES string of the molecule is O=C(CCc1ccccc1)N1CCCC(Cc2nncn2-c2ccccc2)C1. The minimum atomic E-state index is 0.262. The predicted octanol–water partition coefficient (Wildman–Crippen LogP) is 3.68. The van der Waals surface area contributed by atoms with Crippen molar-refractivity contribution in [3.63, 3.8) is 0 Å². The zero-order chi connectivity index (χ0) is 19.2. The number of piperidine rings is 1. The van der Waals surface area contributed by atoms with Crippen LogP contribution in [0.1, 0.15) is 30.7 Å². The molecule has 0 radical (unpaired) electrons. The van der Waals surface area contributed by atoms with E-state index in [1.807, 2.05) is 41.3 Å². The molecule has 2 heterocycles. The van der Waals surface area contributed by atoms with E-state index in [-0.39, 0.29) is 5.91 Å². The van der Waals surface area contributed by atoms with Crippen LogP contribution in [0.25, 0.3) is 5.69 Å². The minimum absolute atomic E-state index is 0.262. The molecule has 4 rings (SSSR count). The van der Waals surface area contributed by atoms with Crippen molar-refractivity contribution in [2.45, 2.75) is 32.1 Å². The lowest BCUT2D eigenvalue weighted by Gasteiger charge is -2.32. The third-order valence-corrected chi connectivity index (χ3v) is 5.47. The molecule has 28 heavy (non-hydrogen) atoms. The molecule has 2 aromatic carbocycles. The summed E-state index contributed by atoms with van der Waals surface area (Å²) in [6.07, 6.45) is 6.19. The van der Waals surface area contributed by atoms with Gasteiger partial charge in [0.15, 0.2) is 0 Å². The summed E-state index contributed by atoms with van der Waals surface area (Å²) in [5.74, 6) is 1.66. The lowest BCUT2D eigenvalue weighted by atomic mass is 9.94. The van der Waals surface area contributed by atoms with E-state index >= 15 is 0 Å². The number of likely N-dealkylation sites (tertiary alicyclic amines) is 1. The molecular weight excluding hydrogens is 348 g/mol. The van der Waals surface area contributed by atoms with Gasteiger partial charge >= 0.3 is 0 Å².